The summed E-state index contributed by atoms with van der Waals surface area (Å²) in [6, 6.07) is 0. The Morgan fingerprint density at radius 3 is 2.71 bits per heavy atom. The van der Waals surface area contributed by atoms with E-state index in [1.54, 1.807) is 18.7 Å². The molecule has 14 heavy (non-hydrogen) atoms. The third kappa shape index (κ3) is 7.17. The molecular formula is C9H20N2O2S. The van der Waals surface area contributed by atoms with Gasteiger partial charge in [0, 0.05) is 12.3 Å². The molecule has 0 aromatic carbocycles. The highest BCUT2D eigenvalue weighted by molar-refractivity contribution is 7.98. The summed E-state index contributed by atoms with van der Waals surface area (Å²) in [5.41, 5.74) is -0.818. The highest BCUT2D eigenvalue weighted by atomic mass is 32.2. The normalized spacial score (nSPS) is 14.9. The number of aliphatic hydroxyl groups is 1. The summed E-state index contributed by atoms with van der Waals surface area (Å²) >= 11 is 1.56. The molecule has 0 spiro atoms. The summed E-state index contributed by atoms with van der Waals surface area (Å²) in [5.74, 6) is 0.544. The fourth-order valence-electron chi connectivity index (χ4n) is 0.952. The van der Waals surface area contributed by atoms with E-state index in [0.29, 0.717) is 18.8 Å². The second-order valence-electron chi connectivity index (χ2n) is 3.49. The van der Waals surface area contributed by atoms with Crippen molar-refractivity contribution in [1.29, 1.82) is 0 Å². The predicted molar refractivity (Wildman–Crippen MR) is 60.6 cm³/mol. The zero-order valence-electron chi connectivity index (χ0n) is 9.09. The fourth-order valence-corrected chi connectivity index (χ4v) is 1.68. The van der Waals surface area contributed by atoms with Crippen LogP contribution in [0.4, 0.5) is 0 Å². The van der Waals surface area contributed by atoms with Crippen molar-refractivity contribution < 1.29 is 9.90 Å². The van der Waals surface area contributed by atoms with Gasteiger partial charge in [0.15, 0.2) is 0 Å². The Labute approximate surface area is 89.8 Å². The van der Waals surface area contributed by atoms with Crippen LogP contribution in [-0.2, 0) is 4.79 Å². The molecular weight excluding hydrogens is 200 g/mol. The van der Waals surface area contributed by atoms with Crippen LogP contribution in [0.25, 0.3) is 0 Å². The van der Waals surface area contributed by atoms with Gasteiger partial charge in [0.25, 0.3) is 0 Å². The van der Waals surface area contributed by atoms with E-state index in [0.717, 1.165) is 6.54 Å². The number of carbonyl (C=O) groups is 1. The van der Waals surface area contributed by atoms with Gasteiger partial charge in [-0.1, -0.05) is 6.92 Å². The number of likely N-dealkylation sites (N-methyl/N-ethyl adjacent to an activating group) is 1. The Bertz CT molecular complexity index is 174. The highest BCUT2D eigenvalue weighted by Crippen LogP contribution is 2.08. The minimum absolute atomic E-state index is 0.0757. The van der Waals surface area contributed by atoms with Gasteiger partial charge in [0.1, 0.15) is 0 Å². The Morgan fingerprint density at radius 2 is 2.21 bits per heavy atom. The van der Waals surface area contributed by atoms with Gasteiger partial charge in [-0.3, -0.25) is 4.79 Å². The molecule has 0 aliphatic rings. The number of hydrogen-bond donors (Lipinski definition) is 3. The molecule has 84 valence electrons. The maximum Gasteiger partial charge on any atom is 0.234 e. The van der Waals surface area contributed by atoms with Crippen molar-refractivity contribution in [3.63, 3.8) is 0 Å². The number of thioether (sulfide) groups is 1. The standard InChI is InChI=1S/C9H20N2O2S/c1-4-10-5-8(12)11-6-9(2,13)7-14-3/h10,13H,4-7H2,1-3H3,(H,11,12). The number of amides is 1. The van der Waals surface area contributed by atoms with Gasteiger partial charge in [-0.25, -0.2) is 0 Å². The van der Waals surface area contributed by atoms with Crippen LogP contribution in [0.15, 0.2) is 0 Å². The van der Waals surface area contributed by atoms with Crippen LogP contribution >= 0.6 is 11.8 Å². The average Bonchev–Trinajstić information content (AvgIpc) is 2.11. The Hall–Kier alpha value is -0.260. The molecule has 4 nitrogen and oxygen atoms in total. The van der Waals surface area contributed by atoms with Crippen LogP contribution in [0.1, 0.15) is 13.8 Å². The smallest absolute Gasteiger partial charge is 0.234 e. The third-order valence-electron chi connectivity index (χ3n) is 1.66. The molecule has 0 heterocycles. The van der Waals surface area contributed by atoms with E-state index in [9.17, 15) is 9.90 Å². The maximum atomic E-state index is 11.2. The first kappa shape index (κ1) is 13.7. The molecule has 0 fully saturated rings. The lowest BCUT2D eigenvalue weighted by atomic mass is 10.1. The minimum Gasteiger partial charge on any atom is -0.387 e. The van der Waals surface area contributed by atoms with Gasteiger partial charge in [-0.05, 0) is 19.7 Å². The van der Waals surface area contributed by atoms with Crippen LogP contribution in [-0.4, -0.2) is 48.3 Å². The van der Waals surface area contributed by atoms with Crippen molar-refractivity contribution in [1.82, 2.24) is 10.6 Å². The summed E-state index contributed by atoms with van der Waals surface area (Å²) in [6.07, 6.45) is 1.93. The number of hydrogen-bond acceptors (Lipinski definition) is 4. The molecule has 3 N–H and O–H groups in total. The molecule has 0 bridgehead atoms. The molecule has 0 radical (unpaired) electrons. The van der Waals surface area contributed by atoms with Gasteiger partial charge in [-0.2, -0.15) is 11.8 Å². The first-order chi connectivity index (χ1) is 6.52. The number of carbonyl (C=O) groups excluding carboxylic acids is 1. The van der Waals surface area contributed by atoms with E-state index < -0.39 is 5.60 Å². The summed E-state index contributed by atoms with van der Waals surface area (Å²) in [6.45, 7) is 5.05. The topological polar surface area (TPSA) is 61.4 Å². The molecule has 5 heteroatoms. The molecule has 1 amide bonds. The second-order valence-corrected chi connectivity index (χ2v) is 4.35. The van der Waals surface area contributed by atoms with Gasteiger partial charge in [0.2, 0.25) is 5.91 Å². The zero-order valence-corrected chi connectivity index (χ0v) is 9.91. The lowest BCUT2D eigenvalue weighted by Gasteiger charge is -2.22. The van der Waals surface area contributed by atoms with E-state index >= 15 is 0 Å². The SMILES string of the molecule is CCNCC(=O)NCC(C)(O)CSC. The molecule has 1 unspecified atom stereocenters. The van der Waals surface area contributed by atoms with Crippen molar-refractivity contribution in [2.24, 2.45) is 0 Å². The summed E-state index contributed by atoms with van der Waals surface area (Å²) in [7, 11) is 0. The molecule has 0 aromatic rings. The number of nitrogens with one attached hydrogen (secondary N) is 2. The minimum atomic E-state index is -0.818. The summed E-state index contributed by atoms with van der Waals surface area (Å²) < 4.78 is 0. The first-order valence-corrected chi connectivity index (χ1v) is 6.10. The third-order valence-corrected chi connectivity index (χ3v) is 2.57. The Balaban J connectivity index is 3.64. The van der Waals surface area contributed by atoms with E-state index in [1.165, 1.54) is 0 Å². The van der Waals surface area contributed by atoms with Crippen LogP contribution in [0.3, 0.4) is 0 Å². The van der Waals surface area contributed by atoms with E-state index in [1.807, 2.05) is 13.2 Å². The van der Waals surface area contributed by atoms with E-state index in [2.05, 4.69) is 10.6 Å². The Kier molecular flexibility index (Phi) is 6.96. The van der Waals surface area contributed by atoms with Crippen molar-refractivity contribution in [3.8, 4) is 0 Å². The average molecular weight is 220 g/mol. The molecule has 0 aliphatic heterocycles. The van der Waals surface area contributed by atoms with Crippen LogP contribution in [0.5, 0.6) is 0 Å². The molecule has 0 saturated carbocycles. The van der Waals surface area contributed by atoms with Gasteiger partial charge >= 0.3 is 0 Å². The van der Waals surface area contributed by atoms with Gasteiger partial charge < -0.3 is 15.7 Å². The van der Waals surface area contributed by atoms with Crippen LogP contribution in [0.2, 0.25) is 0 Å². The predicted octanol–water partition coefficient (Wildman–Crippen LogP) is -0.174. The van der Waals surface area contributed by atoms with Crippen LogP contribution < -0.4 is 10.6 Å². The lowest BCUT2D eigenvalue weighted by molar-refractivity contribution is -0.121. The first-order valence-electron chi connectivity index (χ1n) is 4.70. The molecule has 0 aromatic heterocycles. The van der Waals surface area contributed by atoms with E-state index in [-0.39, 0.29) is 5.91 Å². The van der Waals surface area contributed by atoms with Gasteiger partial charge in [-0.15, -0.1) is 0 Å². The lowest BCUT2D eigenvalue weighted by Crippen LogP contribution is -2.45. The van der Waals surface area contributed by atoms with Crippen molar-refractivity contribution in [3.05, 3.63) is 0 Å². The molecule has 0 saturated heterocycles. The summed E-state index contributed by atoms with van der Waals surface area (Å²) in [4.78, 5) is 11.2. The molecule has 0 aliphatic carbocycles. The quantitative estimate of drug-likeness (QED) is 0.557. The van der Waals surface area contributed by atoms with Crippen molar-refractivity contribution >= 4 is 17.7 Å². The van der Waals surface area contributed by atoms with Gasteiger partial charge in [0.05, 0.1) is 12.1 Å². The van der Waals surface area contributed by atoms with Crippen molar-refractivity contribution in [2.45, 2.75) is 19.4 Å². The van der Waals surface area contributed by atoms with Crippen molar-refractivity contribution in [2.75, 3.05) is 31.6 Å². The monoisotopic (exact) mass is 220 g/mol. The van der Waals surface area contributed by atoms with Crippen LogP contribution in [0, 0.1) is 0 Å². The Morgan fingerprint density at radius 1 is 1.57 bits per heavy atom. The highest BCUT2D eigenvalue weighted by Gasteiger charge is 2.19. The van der Waals surface area contributed by atoms with E-state index in [4.69, 9.17) is 0 Å². The summed E-state index contributed by atoms with van der Waals surface area (Å²) in [5, 5.41) is 15.3. The largest absolute Gasteiger partial charge is 0.387 e. The zero-order chi connectivity index (χ0) is 11.0. The molecule has 0 rings (SSSR count). The fraction of sp³-hybridized carbons (Fsp3) is 0.889. The molecule has 1 atom stereocenters. The second kappa shape index (κ2) is 7.09. The maximum absolute atomic E-state index is 11.2. The number of rotatable bonds is 7.